The first-order chi connectivity index (χ1) is 19.6. The lowest BCUT2D eigenvalue weighted by atomic mass is 9.85. The lowest BCUT2D eigenvalue weighted by Crippen LogP contribution is -2.44. The zero-order valence-corrected chi connectivity index (χ0v) is 27.1. The first kappa shape index (κ1) is 30.5. The molecule has 3 aliphatic rings. The Labute approximate surface area is 249 Å². The van der Waals surface area contributed by atoms with Crippen LogP contribution in [0.4, 0.5) is 9.59 Å². The molecule has 2 saturated heterocycles. The van der Waals surface area contributed by atoms with Gasteiger partial charge in [-0.05, 0) is 69.1 Å². The Morgan fingerprint density at radius 1 is 1.14 bits per heavy atom. The molecule has 2 aliphatic heterocycles. The van der Waals surface area contributed by atoms with Gasteiger partial charge in [-0.2, -0.15) is 5.06 Å². The molecule has 230 valence electrons. The van der Waals surface area contributed by atoms with Gasteiger partial charge in [-0.1, -0.05) is 51.1 Å². The van der Waals surface area contributed by atoms with Crippen molar-refractivity contribution in [3.8, 4) is 0 Å². The van der Waals surface area contributed by atoms with Gasteiger partial charge in [-0.25, -0.2) is 9.59 Å². The van der Waals surface area contributed by atoms with Crippen LogP contribution in [-0.4, -0.2) is 65.4 Å². The minimum Gasteiger partial charge on any atom is -0.444 e. The van der Waals surface area contributed by atoms with Gasteiger partial charge in [0.25, 0.3) is 0 Å². The monoisotopic (exact) mass is 599 g/mol. The first-order valence-corrected chi connectivity index (χ1v) is 17.7. The fourth-order valence-electron chi connectivity index (χ4n) is 5.37. The van der Waals surface area contributed by atoms with Gasteiger partial charge in [0, 0.05) is 6.54 Å². The Morgan fingerprint density at radius 3 is 2.45 bits per heavy atom. The van der Waals surface area contributed by atoms with Crippen LogP contribution in [0.25, 0.3) is 0 Å². The summed E-state index contributed by atoms with van der Waals surface area (Å²) in [4.78, 5) is 34.2. The number of fused-ring (bicyclic) bond motifs is 3. The van der Waals surface area contributed by atoms with E-state index in [1.807, 2.05) is 51.1 Å². The molecule has 1 N–H and O–H groups in total. The number of ether oxygens (including phenoxy) is 1. The maximum absolute atomic E-state index is 13.6. The summed E-state index contributed by atoms with van der Waals surface area (Å²) in [5.41, 5.74) is 0.308. The Hall–Kier alpha value is -2.96. The van der Waals surface area contributed by atoms with Crippen LogP contribution < -0.4 is 5.32 Å². The van der Waals surface area contributed by atoms with Crippen molar-refractivity contribution in [1.82, 2.24) is 25.5 Å². The third-order valence-electron chi connectivity index (χ3n) is 9.02. The fourth-order valence-corrected chi connectivity index (χ4v) is 6.39. The quantitative estimate of drug-likeness (QED) is 0.343. The zero-order chi connectivity index (χ0) is 30.5. The molecule has 5 rings (SSSR count). The van der Waals surface area contributed by atoms with Crippen LogP contribution >= 0.6 is 0 Å². The predicted molar refractivity (Wildman–Crippen MR) is 158 cm³/mol. The maximum atomic E-state index is 13.6. The molecule has 2 bridgehead atoms. The van der Waals surface area contributed by atoms with Crippen molar-refractivity contribution in [2.24, 2.45) is 5.41 Å². The Bertz CT molecular complexity index is 1280. The number of hydrogen-bond donors (Lipinski definition) is 1. The van der Waals surface area contributed by atoms with Gasteiger partial charge in [0.05, 0.1) is 12.6 Å². The second-order valence-corrected chi connectivity index (χ2v) is 19.2. The van der Waals surface area contributed by atoms with Crippen LogP contribution in [0, 0.1) is 5.41 Å². The van der Waals surface area contributed by atoms with E-state index in [1.54, 1.807) is 9.96 Å². The Balaban J connectivity index is 1.34. The molecule has 2 aromatic rings. The van der Waals surface area contributed by atoms with Gasteiger partial charge in [-0.15, -0.1) is 10.2 Å². The number of alkyl carbamates (subject to hydrolysis) is 1. The highest BCUT2D eigenvalue weighted by Gasteiger charge is 2.64. The van der Waals surface area contributed by atoms with Gasteiger partial charge in [0.2, 0.25) is 11.8 Å². The predicted octanol–water partition coefficient (Wildman–Crippen LogP) is 6.12. The van der Waals surface area contributed by atoms with E-state index < -0.39 is 26.1 Å². The van der Waals surface area contributed by atoms with Gasteiger partial charge in [0.1, 0.15) is 24.3 Å². The summed E-state index contributed by atoms with van der Waals surface area (Å²) in [5, 5.41) is 13.1. The number of nitrogens with one attached hydrogen (secondary N) is 1. The number of rotatable bonds is 9. The summed E-state index contributed by atoms with van der Waals surface area (Å²) >= 11 is 0. The number of benzene rings is 1. The minimum atomic E-state index is -2.15. The highest BCUT2D eigenvalue weighted by Crippen LogP contribution is 2.61. The molecule has 1 spiro atoms. The second kappa shape index (κ2) is 10.9. The standard InChI is InChI=1S/C30H45N5O6Si/c1-28(2,3)41-26(36)31-21(19-39-42(7,8)29(4,5)6)24-32-33-25(40-24)22-16-30(14-15-30)23-17-34(22)27(37)35(23)38-18-20-12-10-9-11-13-20/h9-13,21-23H,14-19H2,1-8H3,(H,31,36)/t21-,22+,23-/m1/s1. The SMILES string of the molecule is CC(C)(C)OC(=O)N[C@H](CO[Si](C)(C)C(C)(C)C)c1nnc([C@@H]2CC3(CC3)[C@H]3CN2C(=O)N3OCc2ccccc2)o1. The molecular formula is C30H45N5O6Si. The fraction of sp³-hybridized carbons (Fsp3) is 0.667. The van der Waals surface area contributed by atoms with E-state index in [4.69, 9.17) is 18.4 Å². The van der Waals surface area contributed by atoms with Gasteiger partial charge >= 0.3 is 12.1 Å². The largest absolute Gasteiger partial charge is 0.444 e. The Kier molecular flexibility index (Phi) is 7.95. The van der Waals surface area contributed by atoms with Crippen LogP contribution in [0.3, 0.4) is 0 Å². The molecule has 1 aromatic heterocycles. The summed E-state index contributed by atoms with van der Waals surface area (Å²) in [6, 6.07) is 8.58. The summed E-state index contributed by atoms with van der Waals surface area (Å²) < 4.78 is 18.2. The van der Waals surface area contributed by atoms with E-state index >= 15 is 0 Å². The summed E-state index contributed by atoms with van der Waals surface area (Å²) in [5.74, 6) is 0.585. The van der Waals surface area contributed by atoms with E-state index in [9.17, 15) is 9.59 Å². The van der Waals surface area contributed by atoms with Crippen LogP contribution in [0.15, 0.2) is 34.7 Å². The van der Waals surface area contributed by atoms with Crippen molar-refractivity contribution in [2.45, 2.75) is 109 Å². The average Bonchev–Trinajstić information content (AvgIpc) is 3.36. The van der Waals surface area contributed by atoms with Crippen molar-refractivity contribution in [3.05, 3.63) is 47.7 Å². The number of nitrogens with zero attached hydrogens (tertiary/aromatic N) is 4. The van der Waals surface area contributed by atoms with Crippen molar-refractivity contribution in [3.63, 3.8) is 0 Å². The highest BCUT2D eigenvalue weighted by molar-refractivity contribution is 6.74. The van der Waals surface area contributed by atoms with E-state index in [1.165, 1.54) is 0 Å². The third kappa shape index (κ3) is 6.35. The van der Waals surface area contributed by atoms with Crippen LogP contribution in [0.1, 0.15) is 90.2 Å². The summed E-state index contributed by atoms with van der Waals surface area (Å²) in [6.07, 6.45) is 2.17. The van der Waals surface area contributed by atoms with Gasteiger partial charge < -0.3 is 23.8 Å². The summed E-state index contributed by atoms with van der Waals surface area (Å²) in [6.45, 7) is 17.2. The molecule has 3 fully saturated rings. The van der Waals surface area contributed by atoms with Crippen molar-refractivity contribution >= 4 is 20.4 Å². The molecule has 12 heteroatoms. The molecule has 1 aromatic carbocycles. The number of carbonyl (C=O) groups excluding carboxylic acids is 2. The molecule has 11 nitrogen and oxygen atoms in total. The van der Waals surface area contributed by atoms with Gasteiger partial charge in [-0.3, -0.25) is 4.84 Å². The zero-order valence-electron chi connectivity index (χ0n) is 26.1. The van der Waals surface area contributed by atoms with Crippen molar-refractivity contribution < 1.29 is 28.0 Å². The summed E-state index contributed by atoms with van der Waals surface area (Å²) in [7, 11) is -2.15. The third-order valence-corrected chi connectivity index (χ3v) is 13.5. The molecule has 3 amide bonds. The highest BCUT2D eigenvalue weighted by atomic mass is 28.4. The molecule has 3 heterocycles. The van der Waals surface area contributed by atoms with Crippen LogP contribution in [0.2, 0.25) is 18.1 Å². The van der Waals surface area contributed by atoms with Crippen LogP contribution in [0.5, 0.6) is 0 Å². The average molecular weight is 600 g/mol. The van der Waals surface area contributed by atoms with Crippen molar-refractivity contribution in [2.75, 3.05) is 13.2 Å². The molecule has 0 radical (unpaired) electrons. The molecular weight excluding hydrogens is 554 g/mol. The van der Waals surface area contributed by atoms with E-state index in [0.717, 1.165) is 24.8 Å². The molecule has 1 aliphatic carbocycles. The van der Waals surface area contributed by atoms with E-state index in [2.05, 4.69) is 49.4 Å². The number of piperidine rings is 1. The normalized spacial score (nSPS) is 22.4. The molecule has 1 saturated carbocycles. The first-order valence-electron chi connectivity index (χ1n) is 14.8. The second-order valence-electron chi connectivity index (χ2n) is 14.4. The van der Waals surface area contributed by atoms with E-state index in [-0.39, 0.29) is 41.1 Å². The van der Waals surface area contributed by atoms with Crippen LogP contribution in [-0.2, 0) is 20.6 Å². The molecule has 42 heavy (non-hydrogen) atoms. The van der Waals surface area contributed by atoms with Gasteiger partial charge in [0.15, 0.2) is 8.32 Å². The number of amides is 3. The maximum Gasteiger partial charge on any atom is 0.408 e. The number of hydrogen-bond acceptors (Lipinski definition) is 8. The number of carbonyl (C=O) groups is 2. The lowest BCUT2D eigenvalue weighted by Gasteiger charge is -2.37. The smallest absolute Gasteiger partial charge is 0.408 e. The minimum absolute atomic E-state index is 0.00748. The number of urea groups is 1. The van der Waals surface area contributed by atoms with Crippen molar-refractivity contribution in [1.29, 1.82) is 0 Å². The topological polar surface area (TPSA) is 119 Å². The Morgan fingerprint density at radius 2 is 1.83 bits per heavy atom. The number of hydroxylamine groups is 2. The van der Waals surface area contributed by atoms with E-state index in [0.29, 0.717) is 19.0 Å². The molecule has 0 unspecified atom stereocenters. The molecule has 3 atom stereocenters. The lowest BCUT2D eigenvalue weighted by molar-refractivity contribution is -0.153. The number of aromatic nitrogens is 2.